The van der Waals surface area contributed by atoms with Crippen molar-refractivity contribution in [3.8, 4) is 23.0 Å². The van der Waals surface area contributed by atoms with Crippen LogP contribution in [0.2, 0.25) is 0 Å². The van der Waals surface area contributed by atoms with Gasteiger partial charge < -0.3 is 23.1 Å². The van der Waals surface area contributed by atoms with Crippen molar-refractivity contribution in [2.45, 2.75) is 20.5 Å². The highest BCUT2D eigenvalue weighted by molar-refractivity contribution is 5.84. The van der Waals surface area contributed by atoms with E-state index in [0.29, 0.717) is 28.4 Å². The largest absolute Gasteiger partial charge is 0.507 e. The Kier molecular flexibility index (Phi) is 3.76. The number of ether oxygens (including phenoxy) is 1. The standard InChI is InChI=1S/C19H15NO6/c1-10-17(21)11(2)19(22)26-18(10)16-6-12-5-14(3-4-15(12)25-16)24-8-13-7-23-9-20-13/h3-7,9,21H,8H2,1-2H3. The molecule has 0 radical (unpaired) electrons. The van der Waals surface area contributed by atoms with E-state index in [9.17, 15) is 9.90 Å². The van der Waals surface area contributed by atoms with Gasteiger partial charge in [-0.15, -0.1) is 0 Å². The van der Waals surface area contributed by atoms with Gasteiger partial charge in [-0.1, -0.05) is 0 Å². The number of oxazole rings is 1. The van der Waals surface area contributed by atoms with Crippen molar-refractivity contribution in [1.29, 1.82) is 0 Å². The molecule has 7 nitrogen and oxygen atoms in total. The van der Waals surface area contributed by atoms with Crippen molar-refractivity contribution in [3.05, 3.63) is 64.2 Å². The lowest BCUT2D eigenvalue weighted by Gasteiger charge is -2.05. The summed E-state index contributed by atoms with van der Waals surface area (Å²) in [6, 6.07) is 7.08. The van der Waals surface area contributed by atoms with E-state index in [1.54, 1.807) is 25.1 Å². The van der Waals surface area contributed by atoms with E-state index >= 15 is 0 Å². The van der Waals surface area contributed by atoms with Gasteiger partial charge >= 0.3 is 5.63 Å². The molecule has 7 heteroatoms. The van der Waals surface area contributed by atoms with Crippen LogP contribution in [0.3, 0.4) is 0 Å². The first-order chi connectivity index (χ1) is 12.5. The third-order valence-corrected chi connectivity index (χ3v) is 4.13. The van der Waals surface area contributed by atoms with E-state index < -0.39 is 5.63 Å². The van der Waals surface area contributed by atoms with Crippen LogP contribution >= 0.6 is 0 Å². The molecule has 3 heterocycles. The summed E-state index contributed by atoms with van der Waals surface area (Å²) in [7, 11) is 0. The predicted octanol–water partition coefficient (Wildman–Crippen LogP) is 3.94. The van der Waals surface area contributed by atoms with Crippen LogP contribution in [0.4, 0.5) is 0 Å². The minimum Gasteiger partial charge on any atom is -0.507 e. The molecule has 0 aliphatic carbocycles. The van der Waals surface area contributed by atoms with Crippen LogP contribution in [0, 0.1) is 13.8 Å². The Hall–Kier alpha value is -3.48. The smallest absolute Gasteiger partial charge is 0.343 e. The van der Waals surface area contributed by atoms with Crippen molar-refractivity contribution in [2.24, 2.45) is 0 Å². The maximum absolute atomic E-state index is 11.9. The summed E-state index contributed by atoms with van der Waals surface area (Å²) in [4.78, 5) is 15.8. The molecule has 0 unspecified atom stereocenters. The average molecular weight is 353 g/mol. The number of aromatic hydroxyl groups is 1. The molecule has 0 atom stereocenters. The van der Waals surface area contributed by atoms with Gasteiger partial charge in [0, 0.05) is 10.9 Å². The maximum Gasteiger partial charge on any atom is 0.343 e. The molecule has 0 aliphatic rings. The third kappa shape index (κ3) is 2.73. The number of nitrogens with zero attached hydrogens (tertiary/aromatic N) is 1. The van der Waals surface area contributed by atoms with E-state index in [0.717, 1.165) is 5.39 Å². The number of rotatable bonds is 4. The minimum absolute atomic E-state index is 0.0895. The molecule has 0 aliphatic heterocycles. The summed E-state index contributed by atoms with van der Waals surface area (Å²) >= 11 is 0. The Bertz CT molecular complexity index is 1140. The Morgan fingerprint density at radius 3 is 2.77 bits per heavy atom. The summed E-state index contributed by atoms with van der Waals surface area (Å²) in [6.07, 6.45) is 2.86. The van der Waals surface area contributed by atoms with E-state index in [-0.39, 0.29) is 23.7 Å². The van der Waals surface area contributed by atoms with Crippen molar-refractivity contribution in [1.82, 2.24) is 4.98 Å². The van der Waals surface area contributed by atoms with Gasteiger partial charge in [0.15, 0.2) is 17.9 Å². The molecule has 1 aromatic carbocycles. The molecule has 3 aromatic heterocycles. The zero-order chi connectivity index (χ0) is 18.3. The van der Waals surface area contributed by atoms with Crippen LogP contribution in [-0.2, 0) is 6.61 Å². The van der Waals surface area contributed by atoms with Gasteiger partial charge in [0.1, 0.15) is 35.6 Å². The van der Waals surface area contributed by atoms with Crippen molar-refractivity contribution in [2.75, 3.05) is 0 Å². The van der Waals surface area contributed by atoms with Gasteiger partial charge in [0.25, 0.3) is 0 Å². The molecule has 0 amide bonds. The average Bonchev–Trinajstić information content (AvgIpc) is 3.30. The molecule has 26 heavy (non-hydrogen) atoms. The molecule has 0 saturated heterocycles. The van der Waals surface area contributed by atoms with Gasteiger partial charge in [0.05, 0.1) is 5.56 Å². The number of aromatic nitrogens is 1. The summed E-state index contributed by atoms with van der Waals surface area (Å²) in [6.45, 7) is 3.46. The van der Waals surface area contributed by atoms with Gasteiger partial charge in [-0.2, -0.15) is 0 Å². The SMILES string of the molecule is Cc1c(-c2cc3cc(OCc4cocn4)ccc3o2)oc(=O)c(C)c1O. The topological polar surface area (TPSA) is 98.8 Å². The van der Waals surface area contributed by atoms with Crippen LogP contribution in [-0.4, -0.2) is 10.1 Å². The molecule has 4 rings (SSSR count). The highest BCUT2D eigenvalue weighted by Gasteiger charge is 2.18. The van der Waals surface area contributed by atoms with Crippen LogP contribution in [0.5, 0.6) is 11.5 Å². The van der Waals surface area contributed by atoms with Crippen LogP contribution in [0.15, 0.2) is 55.0 Å². The fourth-order valence-electron chi connectivity index (χ4n) is 2.66. The second-order valence-electron chi connectivity index (χ2n) is 5.90. The summed E-state index contributed by atoms with van der Waals surface area (Å²) < 4.78 is 21.6. The van der Waals surface area contributed by atoms with Gasteiger partial charge in [-0.3, -0.25) is 0 Å². The first-order valence-corrected chi connectivity index (χ1v) is 7.90. The van der Waals surface area contributed by atoms with Crippen LogP contribution in [0.1, 0.15) is 16.8 Å². The first-order valence-electron chi connectivity index (χ1n) is 7.90. The van der Waals surface area contributed by atoms with Crippen molar-refractivity contribution < 1.29 is 23.1 Å². The quantitative estimate of drug-likeness (QED) is 0.593. The lowest BCUT2D eigenvalue weighted by atomic mass is 10.1. The van der Waals surface area contributed by atoms with Gasteiger partial charge in [0.2, 0.25) is 0 Å². The van der Waals surface area contributed by atoms with E-state index in [1.807, 2.05) is 6.07 Å². The minimum atomic E-state index is -0.597. The molecule has 132 valence electrons. The fourth-order valence-corrected chi connectivity index (χ4v) is 2.66. The molecule has 1 N–H and O–H groups in total. The zero-order valence-corrected chi connectivity index (χ0v) is 14.1. The molecule has 0 spiro atoms. The molecule has 0 saturated carbocycles. The van der Waals surface area contributed by atoms with Crippen LogP contribution in [0.25, 0.3) is 22.5 Å². The fraction of sp³-hybridized carbons (Fsp3) is 0.158. The second-order valence-corrected chi connectivity index (χ2v) is 5.90. The van der Waals surface area contributed by atoms with Crippen LogP contribution < -0.4 is 10.4 Å². The second kappa shape index (κ2) is 6.11. The molecular weight excluding hydrogens is 338 g/mol. The molecule has 0 bridgehead atoms. The summed E-state index contributed by atoms with van der Waals surface area (Å²) in [5, 5.41) is 10.9. The van der Waals surface area contributed by atoms with E-state index in [4.69, 9.17) is 18.0 Å². The summed E-state index contributed by atoms with van der Waals surface area (Å²) in [5.41, 5.74) is 1.32. The van der Waals surface area contributed by atoms with Gasteiger partial charge in [-0.25, -0.2) is 9.78 Å². The predicted molar refractivity (Wildman–Crippen MR) is 92.2 cm³/mol. The Morgan fingerprint density at radius 2 is 2.00 bits per heavy atom. The Labute approximate surface area is 147 Å². The zero-order valence-electron chi connectivity index (χ0n) is 14.1. The number of hydrogen-bond acceptors (Lipinski definition) is 7. The lowest BCUT2D eigenvalue weighted by molar-refractivity contribution is 0.301. The van der Waals surface area contributed by atoms with Gasteiger partial charge in [-0.05, 0) is 38.1 Å². The van der Waals surface area contributed by atoms with E-state index in [1.165, 1.54) is 19.6 Å². The lowest BCUT2D eigenvalue weighted by Crippen LogP contribution is -2.05. The van der Waals surface area contributed by atoms with E-state index in [2.05, 4.69) is 4.98 Å². The number of furan rings is 1. The number of hydrogen-bond donors (Lipinski definition) is 1. The van der Waals surface area contributed by atoms with Crippen molar-refractivity contribution in [3.63, 3.8) is 0 Å². The highest BCUT2D eigenvalue weighted by atomic mass is 16.5. The number of benzene rings is 1. The Balaban J connectivity index is 1.69. The normalized spacial score (nSPS) is 11.2. The maximum atomic E-state index is 11.9. The number of fused-ring (bicyclic) bond motifs is 1. The van der Waals surface area contributed by atoms with Crippen molar-refractivity contribution >= 4 is 11.0 Å². The third-order valence-electron chi connectivity index (χ3n) is 4.13. The molecule has 0 fully saturated rings. The summed E-state index contributed by atoms with van der Waals surface area (Å²) in [5.74, 6) is 1.11. The first kappa shape index (κ1) is 16.0. The molecular formula is C19H15NO6. The highest BCUT2D eigenvalue weighted by Crippen LogP contribution is 2.34. The Morgan fingerprint density at radius 1 is 1.15 bits per heavy atom. The monoisotopic (exact) mass is 353 g/mol. The molecule has 4 aromatic rings.